The molecule has 1 N–H and O–H groups in total. The molecule has 3 nitrogen and oxygen atoms in total. The van der Waals surface area contributed by atoms with Crippen molar-refractivity contribution in [1.29, 1.82) is 0 Å². The molecule has 1 heterocycles. The average Bonchev–Trinajstić information content (AvgIpc) is 2.72. The summed E-state index contributed by atoms with van der Waals surface area (Å²) in [6.45, 7) is 2.93. The average molecular weight is 339 g/mol. The minimum atomic E-state index is 0.245. The molecule has 0 spiro atoms. The van der Waals surface area contributed by atoms with Crippen molar-refractivity contribution >= 4 is 10.8 Å². The highest BCUT2D eigenvalue weighted by molar-refractivity contribution is 5.86. The largest absolute Gasteiger partial charge is 0.306 e. The third kappa shape index (κ3) is 3.48. The summed E-state index contributed by atoms with van der Waals surface area (Å²) >= 11 is 0. The van der Waals surface area contributed by atoms with E-state index >= 15 is 0 Å². The molecular formula is C23H21N3. The zero-order chi connectivity index (χ0) is 17.8. The van der Waals surface area contributed by atoms with Crippen LogP contribution >= 0.6 is 0 Å². The van der Waals surface area contributed by atoms with Gasteiger partial charge >= 0.3 is 0 Å². The molecule has 0 saturated carbocycles. The summed E-state index contributed by atoms with van der Waals surface area (Å²) in [4.78, 5) is 9.00. The predicted molar refractivity (Wildman–Crippen MR) is 107 cm³/mol. The van der Waals surface area contributed by atoms with Crippen molar-refractivity contribution in [2.75, 3.05) is 0 Å². The fourth-order valence-electron chi connectivity index (χ4n) is 3.19. The monoisotopic (exact) mass is 339 g/mol. The summed E-state index contributed by atoms with van der Waals surface area (Å²) in [5.74, 6) is 0.761. The van der Waals surface area contributed by atoms with E-state index in [1.807, 2.05) is 42.7 Å². The van der Waals surface area contributed by atoms with Crippen molar-refractivity contribution in [3.8, 4) is 11.4 Å². The molecule has 0 aliphatic carbocycles. The highest BCUT2D eigenvalue weighted by Gasteiger charge is 2.09. The summed E-state index contributed by atoms with van der Waals surface area (Å²) < 4.78 is 0. The SMILES string of the molecule is CC(NCc1cnc(-c2ccccc2)nc1)c1cccc2ccccc12. The molecule has 0 fully saturated rings. The maximum absolute atomic E-state index is 4.50. The lowest BCUT2D eigenvalue weighted by molar-refractivity contribution is 0.576. The summed E-state index contributed by atoms with van der Waals surface area (Å²) in [5.41, 5.74) is 3.43. The molecule has 0 radical (unpaired) electrons. The highest BCUT2D eigenvalue weighted by atomic mass is 14.9. The van der Waals surface area contributed by atoms with E-state index in [9.17, 15) is 0 Å². The van der Waals surface area contributed by atoms with E-state index in [-0.39, 0.29) is 6.04 Å². The first-order valence-electron chi connectivity index (χ1n) is 8.88. The van der Waals surface area contributed by atoms with Gasteiger partial charge in [0.05, 0.1) is 0 Å². The van der Waals surface area contributed by atoms with Gasteiger partial charge in [0.25, 0.3) is 0 Å². The number of nitrogens with zero attached hydrogens (tertiary/aromatic N) is 2. The van der Waals surface area contributed by atoms with Crippen LogP contribution < -0.4 is 5.32 Å². The van der Waals surface area contributed by atoms with E-state index in [0.29, 0.717) is 0 Å². The first kappa shape index (κ1) is 16.4. The molecule has 128 valence electrons. The Hall–Kier alpha value is -3.04. The molecule has 4 rings (SSSR count). The Kier molecular flexibility index (Phi) is 4.71. The molecule has 0 saturated heterocycles. The Labute approximate surface area is 153 Å². The number of nitrogens with one attached hydrogen (secondary N) is 1. The van der Waals surface area contributed by atoms with Crippen LogP contribution in [0.4, 0.5) is 0 Å². The van der Waals surface area contributed by atoms with Gasteiger partial charge in [-0.1, -0.05) is 72.8 Å². The third-order valence-corrected chi connectivity index (χ3v) is 4.64. The maximum atomic E-state index is 4.50. The topological polar surface area (TPSA) is 37.8 Å². The lowest BCUT2D eigenvalue weighted by Gasteiger charge is -2.16. The quantitative estimate of drug-likeness (QED) is 0.546. The molecule has 0 amide bonds. The third-order valence-electron chi connectivity index (χ3n) is 4.64. The lowest BCUT2D eigenvalue weighted by Crippen LogP contribution is -2.18. The molecule has 1 unspecified atom stereocenters. The number of fused-ring (bicyclic) bond motifs is 1. The van der Waals surface area contributed by atoms with Crippen LogP contribution in [0.15, 0.2) is 85.2 Å². The highest BCUT2D eigenvalue weighted by Crippen LogP contribution is 2.24. The second kappa shape index (κ2) is 7.46. The summed E-state index contributed by atoms with van der Waals surface area (Å²) in [6.07, 6.45) is 3.80. The van der Waals surface area contributed by atoms with Crippen molar-refractivity contribution < 1.29 is 0 Å². The van der Waals surface area contributed by atoms with Crippen molar-refractivity contribution in [2.24, 2.45) is 0 Å². The molecule has 3 heteroatoms. The van der Waals surface area contributed by atoms with Crippen LogP contribution in [-0.4, -0.2) is 9.97 Å². The van der Waals surface area contributed by atoms with E-state index in [1.165, 1.54) is 16.3 Å². The summed E-state index contributed by atoms with van der Waals surface area (Å²) in [6, 6.07) is 25.3. The van der Waals surface area contributed by atoms with Crippen LogP contribution in [0.3, 0.4) is 0 Å². The van der Waals surface area contributed by atoms with Crippen LogP contribution in [0, 0.1) is 0 Å². The van der Waals surface area contributed by atoms with Crippen LogP contribution in [-0.2, 0) is 6.54 Å². The van der Waals surface area contributed by atoms with Crippen LogP contribution in [0.2, 0.25) is 0 Å². The Morgan fingerprint density at radius 3 is 2.31 bits per heavy atom. The van der Waals surface area contributed by atoms with Crippen LogP contribution in [0.25, 0.3) is 22.2 Å². The molecule has 0 aliphatic rings. The van der Waals surface area contributed by atoms with Crippen molar-refractivity contribution in [2.45, 2.75) is 19.5 Å². The van der Waals surface area contributed by atoms with E-state index < -0.39 is 0 Å². The molecule has 4 aromatic rings. The van der Waals surface area contributed by atoms with Crippen molar-refractivity contribution in [1.82, 2.24) is 15.3 Å². The van der Waals surface area contributed by atoms with Gasteiger partial charge in [0.15, 0.2) is 5.82 Å². The molecule has 26 heavy (non-hydrogen) atoms. The minimum Gasteiger partial charge on any atom is -0.306 e. The molecule has 1 aromatic heterocycles. The molecule has 0 bridgehead atoms. The first-order valence-corrected chi connectivity index (χ1v) is 8.88. The number of hydrogen-bond acceptors (Lipinski definition) is 3. The molecule has 3 aromatic carbocycles. The predicted octanol–water partition coefficient (Wildman–Crippen LogP) is 5.15. The normalized spacial score (nSPS) is 12.2. The van der Waals surface area contributed by atoms with Crippen molar-refractivity contribution in [3.05, 3.63) is 96.3 Å². The Morgan fingerprint density at radius 2 is 1.50 bits per heavy atom. The smallest absolute Gasteiger partial charge is 0.159 e. The second-order valence-electron chi connectivity index (χ2n) is 6.45. The number of rotatable bonds is 5. The Balaban J connectivity index is 1.47. The lowest BCUT2D eigenvalue weighted by atomic mass is 9.99. The Bertz CT molecular complexity index is 989. The van der Waals surface area contributed by atoms with Gasteiger partial charge < -0.3 is 5.32 Å². The van der Waals surface area contributed by atoms with Crippen LogP contribution in [0.5, 0.6) is 0 Å². The zero-order valence-corrected chi connectivity index (χ0v) is 14.8. The fraction of sp³-hybridized carbons (Fsp3) is 0.130. The second-order valence-corrected chi connectivity index (χ2v) is 6.45. The van der Waals surface area contributed by atoms with Gasteiger partial charge in [-0.05, 0) is 23.3 Å². The number of aromatic nitrogens is 2. The fourth-order valence-corrected chi connectivity index (χ4v) is 3.19. The molecular weight excluding hydrogens is 318 g/mol. The van der Waals surface area contributed by atoms with E-state index in [1.54, 1.807) is 0 Å². The van der Waals surface area contributed by atoms with Gasteiger partial charge in [0.2, 0.25) is 0 Å². The Morgan fingerprint density at radius 1 is 0.808 bits per heavy atom. The van der Waals surface area contributed by atoms with E-state index in [4.69, 9.17) is 0 Å². The summed E-state index contributed by atoms with van der Waals surface area (Å²) in [7, 11) is 0. The van der Waals surface area contributed by atoms with Crippen LogP contribution in [0.1, 0.15) is 24.1 Å². The number of hydrogen-bond donors (Lipinski definition) is 1. The summed E-state index contributed by atoms with van der Waals surface area (Å²) in [5, 5.41) is 6.16. The first-order chi connectivity index (χ1) is 12.8. The zero-order valence-electron chi connectivity index (χ0n) is 14.8. The minimum absolute atomic E-state index is 0.245. The number of benzene rings is 3. The van der Waals surface area contributed by atoms with Crippen molar-refractivity contribution in [3.63, 3.8) is 0 Å². The van der Waals surface area contributed by atoms with E-state index in [0.717, 1.165) is 23.5 Å². The standard InChI is InChI=1S/C23H21N3/c1-17(21-13-7-11-19-8-5-6-12-22(19)21)24-14-18-15-25-23(26-16-18)20-9-3-2-4-10-20/h2-13,15-17,24H,14H2,1H3. The van der Waals surface area contributed by atoms with E-state index in [2.05, 4.69) is 64.7 Å². The van der Waals surface area contributed by atoms with Gasteiger partial charge in [0.1, 0.15) is 0 Å². The molecule has 1 atom stereocenters. The molecule has 0 aliphatic heterocycles. The van der Waals surface area contributed by atoms with Gasteiger partial charge in [-0.25, -0.2) is 9.97 Å². The van der Waals surface area contributed by atoms with Gasteiger partial charge in [-0.15, -0.1) is 0 Å². The van der Waals surface area contributed by atoms with Gasteiger partial charge in [0, 0.05) is 36.1 Å². The van der Waals surface area contributed by atoms with Gasteiger partial charge in [-0.2, -0.15) is 0 Å². The maximum Gasteiger partial charge on any atom is 0.159 e. The van der Waals surface area contributed by atoms with Gasteiger partial charge in [-0.3, -0.25) is 0 Å².